The molecule has 0 bridgehead atoms. The SMILES string of the molecule is C[C@@H](NC(=O)[C@H](O)[C@@H](O)C(=O)N1CCc2cc(Cl)ccc2[C@H]1c1csc(N)n1)c1ccc(-n2cccn2)cc1. The first kappa shape index (κ1) is 26.8. The number of halogens is 1. The number of nitrogen functional groups attached to an aromatic ring is 1. The van der Waals surface area contributed by atoms with E-state index in [1.165, 1.54) is 16.2 Å². The minimum Gasteiger partial charge on any atom is -0.380 e. The number of carbonyl (C=O) groups excluding carboxylic acids is 2. The number of carbonyl (C=O) groups is 2. The second kappa shape index (κ2) is 11.1. The number of amides is 2. The van der Waals surface area contributed by atoms with E-state index in [-0.39, 0.29) is 6.54 Å². The molecule has 1 aliphatic heterocycles. The maximum atomic E-state index is 13.5. The number of fused-ring (bicyclic) bond motifs is 1. The van der Waals surface area contributed by atoms with Gasteiger partial charge in [0.2, 0.25) is 0 Å². The number of anilines is 1. The van der Waals surface area contributed by atoms with Crippen LogP contribution in [0, 0.1) is 0 Å². The van der Waals surface area contributed by atoms with Gasteiger partial charge in [-0.2, -0.15) is 5.10 Å². The molecule has 1 aliphatic rings. The minimum atomic E-state index is -1.98. The molecule has 5 N–H and O–H groups in total. The fourth-order valence-electron chi connectivity index (χ4n) is 4.75. The monoisotopic (exact) mass is 566 g/mol. The van der Waals surface area contributed by atoms with E-state index in [1.54, 1.807) is 29.2 Å². The van der Waals surface area contributed by atoms with Gasteiger partial charge in [0.1, 0.15) is 6.04 Å². The molecule has 5 rings (SSSR count). The van der Waals surface area contributed by atoms with Crippen molar-refractivity contribution in [1.29, 1.82) is 0 Å². The lowest BCUT2D eigenvalue weighted by atomic mass is 9.90. The van der Waals surface area contributed by atoms with Crippen molar-refractivity contribution in [3.8, 4) is 5.69 Å². The van der Waals surface area contributed by atoms with Crippen molar-refractivity contribution >= 4 is 39.9 Å². The molecule has 12 heteroatoms. The van der Waals surface area contributed by atoms with Crippen LogP contribution in [-0.2, 0) is 16.0 Å². The summed E-state index contributed by atoms with van der Waals surface area (Å²) in [5, 5.41) is 31.0. The quantitative estimate of drug-likeness (QED) is 0.269. The highest BCUT2D eigenvalue weighted by Crippen LogP contribution is 2.37. The van der Waals surface area contributed by atoms with Gasteiger partial charge in [-0.05, 0) is 60.4 Å². The summed E-state index contributed by atoms with van der Waals surface area (Å²) in [6, 6.07) is 13.4. The molecule has 10 nitrogen and oxygen atoms in total. The summed E-state index contributed by atoms with van der Waals surface area (Å²) >= 11 is 7.42. The Kier molecular flexibility index (Phi) is 7.67. The van der Waals surface area contributed by atoms with Gasteiger partial charge < -0.3 is 26.2 Å². The molecule has 2 amide bonds. The van der Waals surface area contributed by atoms with Crippen LogP contribution in [-0.4, -0.2) is 60.4 Å². The predicted molar refractivity (Wildman–Crippen MR) is 147 cm³/mol. The van der Waals surface area contributed by atoms with Crippen molar-refractivity contribution in [3.05, 3.63) is 93.7 Å². The lowest BCUT2D eigenvalue weighted by Gasteiger charge is -2.38. The van der Waals surface area contributed by atoms with E-state index in [0.717, 1.165) is 22.4 Å². The molecule has 2 aromatic heterocycles. The Balaban J connectivity index is 1.30. The van der Waals surface area contributed by atoms with Gasteiger partial charge in [0.15, 0.2) is 17.3 Å². The maximum absolute atomic E-state index is 13.5. The number of nitrogens with one attached hydrogen (secondary N) is 1. The fourth-order valence-corrected chi connectivity index (χ4v) is 5.52. The summed E-state index contributed by atoms with van der Waals surface area (Å²) in [6.45, 7) is 1.98. The number of hydrogen-bond acceptors (Lipinski definition) is 8. The molecule has 39 heavy (non-hydrogen) atoms. The first-order valence-corrected chi connectivity index (χ1v) is 13.5. The van der Waals surface area contributed by atoms with E-state index in [0.29, 0.717) is 22.3 Å². The molecule has 0 spiro atoms. The number of benzene rings is 2. The zero-order valence-electron chi connectivity index (χ0n) is 20.9. The van der Waals surface area contributed by atoms with E-state index < -0.39 is 36.1 Å². The largest absolute Gasteiger partial charge is 0.380 e. The summed E-state index contributed by atoms with van der Waals surface area (Å²) < 4.78 is 1.71. The summed E-state index contributed by atoms with van der Waals surface area (Å²) in [5.74, 6) is -1.65. The van der Waals surface area contributed by atoms with Crippen molar-refractivity contribution in [2.45, 2.75) is 37.6 Å². The third-order valence-corrected chi connectivity index (χ3v) is 7.71. The van der Waals surface area contributed by atoms with Crippen molar-refractivity contribution < 1.29 is 19.8 Å². The molecule has 0 saturated heterocycles. The average Bonchev–Trinajstić information content (AvgIpc) is 3.63. The number of hydrogen-bond donors (Lipinski definition) is 4. The second-order valence-electron chi connectivity index (χ2n) is 9.30. The van der Waals surface area contributed by atoms with Gasteiger partial charge in [-0.15, -0.1) is 11.3 Å². The zero-order chi connectivity index (χ0) is 27.7. The smallest absolute Gasteiger partial charge is 0.255 e. The van der Waals surface area contributed by atoms with Crippen molar-refractivity contribution in [1.82, 2.24) is 25.0 Å². The normalized spacial score (nSPS) is 17.2. The number of nitrogens with two attached hydrogens (primary N) is 1. The van der Waals surface area contributed by atoms with Crippen LogP contribution in [0.25, 0.3) is 5.69 Å². The van der Waals surface area contributed by atoms with Crippen LogP contribution < -0.4 is 11.1 Å². The first-order chi connectivity index (χ1) is 18.7. The molecule has 4 aromatic rings. The Bertz CT molecular complexity index is 1480. The van der Waals surface area contributed by atoms with Crippen LogP contribution in [0.1, 0.15) is 41.4 Å². The van der Waals surface area contributed by atoms with Gasteiger partial charge in [0.05, 0.1) is 17.4 Å². The molecule has 4 atom stereocenters. The highest BCUT2D eigenvalue weighted by Gasteiger charge is 2.40. The van der Waals surface area contributed by atoms with E-state index in [2.05, 4.69) is 15.4 Å². The van der Waals surface area contributed by atoms with Crippen LogP contribution in [0.15, 0.2) is 66.3 Å². The lowest BCUT2D eigenvalue weighted by molar-refractivity contribution is -0.155. The summed E-state index contributed by atoms with van der Waals surface area (Å²) in [7, 11) is 0. The van der Waals surface area contributed by atoms with Gasteiger partial charge in [-0.3, -0.25) is 9.59 Å². The molecule has 0 aliphatic carbocycles. The molecule has 202 valence electrons. The predicted octanol–water partition coefficient (Wildman–Crippen LogP) is 2.64. The molecule has 0 fully saturated rings. The van der Waals surface area contributed by atoms with Gasteiger partial charge in [-0.25, -0.2) is 9.67 Å². The van der Waals surface area contributed by atoms with Crippen molar-refractivity contribution in [2.75, 3.05) is 12.3 Å². The van der Waals surface area contributed by atoms with E-state index >= 15 is 0 Å². The molecule has 0 unspecified atom stereocenters. The standard InChI is InChI=1S/C27H27ClN6O4S/c1-15(16-3-6-19(7-4-16)34-11-2-10-30-34)31-25(37)23(35)24(36)26(38)33-12-9-17-13-18(28)5-8-20(17)22(33)21-14-39-27(29)32-21/h2-8,10-11,13-15,22-24,35-36H,9,12H2,1H3,(H2,29,32)(H,31,37)/t15-,22+,23-,24-/m1/s1. The lowest BCUT2D eigenvalue weighted by Crippen LogP contribution is -2.53. The zero-order valence-corrected chi connectivity index (χ0v) is 22.5. The highest BCUT2D eigenvalue weighted by atomic mass is 35.5. The number of aromatic nitrogens is 3. The number of aliphatic hydroxyl groups is 2. The van der Waals surface area contributed by atoms with Crippen LogP contribution in [0.2, 0.25) is 5.02 Å². The summed E-state index contributed by atoms with van der Waals surface area (Å²) in [5.41, 5.74) is 9.77. The highest BCUT2D eigenvalue weighted by molar-refractivity contribution is 7.13. The first-order valence-electron chi connectivity index (χ1n) is 12.3. The Hall–Kier alpha value is -3.77. The fraction of sp³-hybridized carbons (Fsp3) is 0.259. The van der Waals surface area contributed by atoms with Gasteiger partial charge in [0.25, 0.3) is 11.8 Å². The van der Waals surface area contributed by atoms with Gasteiger partial charge in [0, 0.05) is 29.3 Å². The Morgan fingerprint density at radius 1 is 1.18 bits per heavy atom. The number of nitrogens with zero attached hydrogens (tertiary/aromatic N) is 4. The number of aliphatic hydroxyl groups excluding tert-OH is 2. The van der Waals surface area contributed by atoms with Crippen molar-refractivity contribution in [3.63, 3.8) is 0 Å². The van der Waals surface area contributed by atoms with Crippen LogP contribution >= 0.6 is 22.9 Å². The third kappa shape index (κ3) is 5.52. The van der Waals surface area contributed by atoms with Gasteiger partial charge in [-0.1, -0.05) is 29.8 Å². The Labute approximate surface area is 233 Å². The molecular weight excluding hydrogens is 540 g/mol. The summed E-state index contributed by atoms with van der Waals surface area (Å²) in [6.07, 6.45) is 0.0253. The second-order valence-corrected chi connectivity index (χ2v) is 10.6. The Morgan fingerprint density at radius 3 is 2.62 bits per heavy atom. The molecule has 0 saturated carbocycles. The van der Waals surface area contributed by atoms with Crippen molar-refractivity contribution in [2.24, 2.45) is 0 Å². The molecule has 3 heterocycles. The topological polar surface area (TPSA) is 147 Å². The van der Waals surface area contributed by atoms with Crippen LogP contribution in [0.5, 0.6) is 0 Å². The Morgan fingerprint density at radius 2 is 1.95 bits per heavy atom. The van der Waals surface area contributed by atoms with E-state index in [1.807, 2.05) is 48.7 Å². The molecular formula is C27H27ClN6O4S. The number of rotatable bonds is 7. The molecule has 2 aromatic carbocycles. The van der Waals surface area contributed by atoms with Gasteiger partial charge >= 0.3 is 0 Å². The summed E-state index contributed by atoms with van der Waals surface area (Å²) in [4.78, 5) is 32.1. The molecule has 0 radical (unpaired) electrons. The van der Waals surface area contributed by atoms with E-state index in [9.17, 15) is 19.8 Å². The number of thiazole rings is 1. The maximum Gasteiger partial charge on any atom is 0.255 e. The third-order valence-electron chi connectivity index (χ3n) is 6.78. The average molecular weight is 567 g/mol. The van der Waals surface area contributed by atoms with Crippen LogP contribution in [0.4, 0.5) is 5.13 Å². The van der Waals surface area contributed by atoms with Crippen LogP contribution in [0.3, 0.4) is 0 Å². The minimum absolute atomic E-state index is 0.235. The van der Waals surface area contributed by atoms with E-state index in [4.69, 9.17) is 17.3 Å².